The van der Waals surface area contributed by atoms with Gasteiger partial charge in [0, 0.05) is 18.0 Å². The summed E-state index contributed by atoms with van der Waals surface area (Å²) >= 11 is 0. The van der Waals surface area contributed by atoms with E-state index in [4.69, 9.17) is 0 Å². The fraction of sp³-hybridized carbons (Fsp3) is 0.500. The molecule has 0 aromatic heterocycles. The van der Waals surface area contributed by atoms with Crippen LogP contribution in [0.4, 0.5) is 0 Å². The summed E-state index contributed by atoms with van der Waals surface area (Å²) in [4.78, 5) is 11.8. The molecule has 5 heteroatoms. The molecule has 4 nitrogen and oxygen atoms in total. The molecule has 0 spiro atoms. The third kappa shape index (κ3) is 3.22. The van der Waals surface area contributed by atoms with Crippen molar-refractivity contribution in [1.82, 2.24) is 4.72 Å². The van der Waals surface area contributed by atoms with E-state index in [1.165, 1.54) is 12.1 Å². The van der Waals surface area contributed by atoms with E-state index in [2.05, 4.69) is 11.6 Å². The zero-order chi connectivity index (χ0) is 14.0. The van der Waals surface area contributed by atoms with Gasteiger partial charge in [-0.15, -0.1) is 0 Å². The molecule has 1 fully saturated rings. The largest absolute Gasteiger partial charge is 0.294 e. The van der Waals surface area contributed by atoms with Crippen LogP contribution in [0.5, 0.6) is 0 Å². The molecule has 2 rings (SSSR count). The van der Waals surface area contributed by atoms with E-state index in [0.29, 0.717) is 17.9 Å². The maximum Gasteiger partial charge on any atom is 0.240 e. The van der Waals surface area contributed by atoms with Gasteiger partial charge in [-0.05, 0) is 24.5 Å². The number of Topliss-reactive ketones (excluding diaryl/α,β-unsaturated/α-hetero) is 1. The van der Waals surface area contributed by atoms with Crippen LogP contribution in [0.3, 0.4) is 0 Å². The maximum absolute atomic E-state index is 12.2. The SMILES string of the molecule is CCC(=O)c1cccc(S(=O)(=O)NC2CC2CC)c1. The van der Waals surface area contributed by atoms with Crippen LogP contribution in [0.1, 0.15) is 43.5 Å². The molecule has 1 saturated carbocycles. The molecular formula is C14H19NO3S. The lowest BCUT2D eigenvalue weighted by molar-refractivity contribution is 0.0988. The van der Waals surface area contributed by atoms with E-state index in [1.807, 2.05) is 0 Å². The normalized spacial score (nSPS) is 22.2. The van der Waals surface area contributed by atoms with Gasteiger partial charge < -0.3 is 0 Å². The minimum Gasteiger partial charge on any atom is -0.294 e. The summed E-state index contributed by atoms with van der Waals surface area (Å²) in [7, 11) is -3.51. The van der Waals surface area contributed by atoms with E-state index in [9.17, 15) is 13.2 Å². The smallest absolute Gasteiger partial charge is 0.240 e. The molecule has 0 heterocycles. The second-order valence-electron chi connectivity index (χ2n) is 4.94. The summed E-state index contributed by atoms with van der Waals surface area (Å²) in [5, 5.41) is 0. The second kappa shape index (κ2) is 5.43. The molecule has 1 aliphatic carbocycles. The van der Waals surface area contributed by atoms with Gasteiger partial charge in [-0.2, -0.15) is 0 Å². The van der Waals surface area contributed by atoms with Gasteiger partial charge in [-0.3, -0.25) is 4.79 Å². The Kier molecular flexibility index (Phi) is 4.06. The van der Waals surface area contributed by atoms with Gasteiger partial charge in [0.25, 0.3) is 0 Å². The Bertz CT molecular complexity index is 580. The Labute approximate surface area is 114 Å². The summed E-state index contributed by atoms with van der Waals surface area (Å²) in [6.45, 7) is 3.82. The molecular weight excluding hydrogens is 262 g/mol. The van der Waals surface area contributed by atoms with Crippen molar-refractivity contribution >= 4 is 15.8 Å². The fourth-order valence-corrected chi connectivity index (χ4v) is 3.51. The molecule has 1 aromatic carbocycles. The highest BCUT2D eigenvalue weighted by atomic mass is 32.2. The van der Waals surface area contributed by atoms with E-state index < -0.39 is 10.0 Å². The van der Waals surface area contributed by atoms with Crippen LogP contribution in [0.2, 0.25) is 0 Å². The van der Waals surface area contributed by atoms with E-state index >= 15 is 0 Å². The number of hydrogen-bond acceptors (Lipinski definition) is 3. The number of nitrogens with one attached hydrogen (secondary N) is 1. The first-order valence-electron chi connectivity index (χ1n) is 6.63. The van der Waals surface area contributed by atoms with Gasteiger partial charge in [-0.1, -0.05) is 32.4 Å². The molecule has 2 unspecified atom stereocenters. The molecule has 0 aliphatic heterocycles. The fourth-order valence-electron chi connectivity index (χ4n) is 2.15. The van der Waals surface area contributed by atoms with E-state index in [0.717, 1.165) is 12.8 Å². The molecule has 0 amide bonds. The number of sulfonamides is 1. The van der Waals surface area contributed by atoms with E-state index in [1.54, 1.807) is 19.1 Å². The first kappa shape index (κ1) is 14.2. The topological polar surface area (TPSA) is 63.2 Å². The maximum atomic E-state index is 12.2. The van der Waals surface area contributed by atoms with Gasteiger partial charge >= 0.3 is 0 Å². The van der Waals surface area contributed by atoms with Crippen LogP contribution >= 0.6 is 0 Å². The molecule has 1 N–H and O–H groups in total. The summed E-state index contributed by atoms with van der Waals surface area (Å²) in [6, 6.07) is 6.30. The minimum absolute atomic E-state index is 0.0464. The number of carbonyl (C=O) groups is 1. The summed E-state index contributed by atoms with van der Waals surface area (Å²) in [5.41, 5.74) is 0.452. The van der Waals surface area contributed by atoms with Crippen molar-refractivity contribution in [1.29, 1.82) is 0 Å². The zero-order valence-corrected chi connectivity index (χ0v) is 12.0. The molecule has 104 valence electrons. The van der Waals surface area contributed by atoms with Crippen LogP contribution in [-0.2, 0) is 10.0 Å². The van der Waals surface area contributed by atoms with Crippen molar-refractivity contribution in [3.63, 3.8) is 0 Å². The third-order valence-electron chi connectivity index (χ3n) is 3.54. The molecule has 1 aromatic rings. The van der Waals surface area contributed by atoms with Crippen molar-refractivity contribution in [2.45, 2.75) is 44.0 Å². The van der Waals surface area contributed by atoms with Crippen LogP contribution in [-0.4, -0.2) is 20.2 Å². The van der Waals surface area contributed by atoms with Crippen molar-refractivity contribution in [3.8, 4) is 0 Å². The van der Waals surface area contributed by atoms with Crippen LogP contribution in [0, 0.1) is 5.92 Å². The van der Waals surface area contributed by atoms with Gasteiger partial charge in [-0.25, -0.2) is 13.1 Å². The Morgan fingerprint density at radius 2 is 2.11 bits per heavy atom. The predicted molar refractivity (Wildman–Crippen MR) is 73.6 cm³/mol. The minimum atomic E-state index is -3.51. The molecule has 0 radical (unpaired) electrons. The summed E-state index contributed by atoms with van der Waals surface area (Å²) < 4.78 is 27.1. The highest BCUT2D eigenvalue weighted by molar-refractivity contribution is 7.89. The molecule has 0 saturated heterocycles. The zero-order valence-electron chi connectivity index (χ0n) is 11.2. The average molecular weight is 281 g/mol. The molecule has 2 atom stereocenters. The standard InChI is InChI=1S/C14H19NO3S/c1-3-10-9-13(10)15-19(17,18)12-7-5-6-11(8-12)14(16)4-2/h5-8,10,13,15H,3-4,9H2,1-2H3. The van der Waals surface area contributed by atoms with Crippen LogP contribution in [0.25, 0.3) is 0 Å². The van der Waals surface area contributed by atoms with Gasteiger partial charge in [0.2, 0.25) is 10.0 Å². The lowest BCUT2D eigenvalue weighted by Gasteiger charge is -2.07. The first-order valence-corrected chi connectivity index (χ1v) is 8.11. The monoisotopic (exact) mass is 281 g/mol. The predicted octanol–water partition coefficient (Wildman–Crippen LogP) is 2.36. The lowest BCUT2D eigenvalue weighted by atomic mass is 10.1. The summed E-state index contributed by atoms with van der Waals surface area (Å²) in [5.74, 6) is 0.408. The average Bonchev–Trinajstić information content (AvgIpc) is 3.15. The van der Waals surface area contributed by atoms with Crippen molar-refractivity contribution in [2.75, 3.05) is 0 Å². The number of benzene rings is 1. The Morgan fingerprint density at radius 3 is 2.68 bits per heavy atom. The Hall–Kier alpha value is -1.20. The molecule has 0 bridgehead atoms. The highest BCUT2D eigenvalue weighted by Gasteiger charge is 2.38. The molecule has 1 aliphatic rings. The van der Waals surface area contributed by atoms with Crippen LogP contribution < -0.4 is 4.72 Å². The van der Waals surface area contributed by atoms with E-state index in [-0.39, 0.29) is 16.7 Å². The quantitative estimate of drug-likeness (QED) is 0.814. The highest BCUT2D eigenvalue weighted by Crippen LogP contribution is 2.34. The number of rotatable bonds is 6. The van der Waals surface area contributed by atoms with Crippen molar-refractivity contribution in [3.05, 3.63) is 29.8 Å². The lowest BCUT2D eigenvalue weighted by Crippen LogP contribution is -2.27. The van der Waals surface area contributed by atoms with Crippen LogP contribution in [0.15, 0.2) is 29.2 Å². The Balaban J connectivity index is 2.18. The Morgan fingerprint density at radius 1 is 1.37 bits per heavy atom. The van der Waals surface area contributed by atoms with Gasteiger partial charge in [0.1, 0.15) is 0 Å². The summed E-state index contributed by atoms with van der Waals surface area (Å²) in [6.07, 6.45) is 2.27. The molecule has 19 heavy (non-hydrogen) atoms. The van der Waals surface area contributed by atoms with Gasteiger partial charge in [0.15, 0.2) is 5.78 Å². The number of hydrogen-bond donors (Lipinski definition) is 1. The number of carbonyl (C=O) groups excluding carboxylic acids is 1. The second-order valence-corrected chi connectivity index (χ2v) is 6.65. The van der Waals surface area contributed by atoms with Crippen molar-refractivity contribution < 1.29 is 13.2 Å². The number of ketones is 1. The van der Waals surface area contributed by atoms with Crippen molar-refractivity contribution in [2.24, 2.45) is 5.92 Å². The first-order chi connectivity index (χ1) is 8.97. The van der Waals surface area contributed by atoms with Gasteiger partial charge in [0.05, 0.1) is 4.90 Å². The third-order valence-corrected chi connectivity index (χ3v) is 5.03.